The first-order chi connectivity index (χ1) is 8.02. The van der Waals surface area contributed by atoms with Crippen LogP contribution in [0, 0.1) is 0 Å². The molecule has 0 aromatic heterocycles. The second kappa shape index (κ2) is 6.61. The van der Waals surface area contributed by atoms with Crippen molar-refractivity contribution in [1.82, 2.24) is 10.2 Å². The van der Waals surface area contributed by atoms with Gasteiger partial charge < -0.3 is 16.0 Å². The third-order valence-corrected chi connectivity index (χ3v) is 2.96. The second-order valence-electron chi connectivity index (χ2n) is 3.93. The predicted octanol–water partition coefficient (Wildman–Crippen LogP) is 1.71. The van der Waals surface area contributed by atoms with Crippen molar-refractivity contribution in [1.29, 1.82) is 0 Å². The highest BCUT2D eigenvalue weighted by Gasteiger charge is 2.06. The predicted molar refractivity (Wildman–Crippen MR) is 74.1 cm³/mol. The van der Waals surface area contributed by atoms with Gasteiger partial charge in [0.15, 0.2) is 0 Å². The van der Waals surface area contributed by atoms with Gasteiger partial charge in [0, 0.05) is 28.8 Å². The lowest BCUT2D eigenvalue weighted by atomic mass is 10.2. The van der Waals surface area contributed by atoms with E-state index in [4.69, 9.17) is 5.73 Å². The number of carbonyl (C=O) groups is 1. The Labute approximate surface area is 110 Å². The van der Waals surface area contributed by atoms with Crippen LogP contribution in [0.2, 0.25) is 0 Å². The Balaban J connectivity index is 2.52. The average molecular weight is 300 g/mol. The van der Waals surface area contributed by atoms with Crippen molar-refractivity contribution in [3.05, 3.63) is 28.2 Å². The largest absolute Gasteiger partial charge is 0.399 e. The number of carbonyl (C=O) groups excluding carboxylic acids is 1. The van der Waals surface area contributed by atoms with Crippen molar-refractivity contribution in [2.75, 3.05) is 32.4 Å². The fraction of sp³-hybridized carbons (Fsp3) is 0.417. The summed E-state index contributed by atoms with van der Waals surface area (Å²) in [6.45, 7) is 4.53. The SMILES string of the molecule is CCN(C)CCNC(=O)c1cc(N)cc(Br)c1. The van der Waals surface area contributed by atoms with Crippen molar-refractivity contribution in [3.63, 3.8) is 0 Å². The zero-order chi connectivity index (χ0) is 12.8. The molecule has 17 heavy (non-hydrogen) atoms. The van der Waals surface area contributed by atoms with Gasteiger partial charge in [0.05, 0.1) is 0 Å². The lowest BCUT2D eigenvalue weighted by Crippen LogP contribution is -2.32. The number of hydrogen-bond donors (Lipinski definition) is 2. The highest BCUT2D eigenvalue weighted by Crippen LogP contribution is 2.17. The minimum atomic E-state index is -0.0949. The molecule has 3 N–H and O–H groups in total. The standard InChI is InChI=1S/C12H18BrN3O/c1-3-16(2)5-4-15-12(17)9-6-10(13)8-11(14)7-9/h6-8H,3-5,14H2,1-2H3,(H,15,17). The third kappa shape index (κ3) is 4.75. The zero-order valence-corrected chi connectivity index (χ0v) is 11.8. The lowest BCUT2D eigenvalue weighted by molar-refractivity contribution is 0.0950. The number of nitrogens with two attached hydrogens (primary N) is 1. The van der Waals surface area contributed by atoms with Crippen molar-refractivity contribution < 1.29 is 4.79 Å². The van der Waals surface area contributed by atoms with Crippen LogP contribution >= 0.6 is 15.9 Å². The average Bonchev–Trinajstić information content (AvgIpc) is 2.27. The molecule has 0 unspecified atom stereocenters. The van der Waals surface area contributed by atoms with Gasteiger partial charge in [-0.1, -0.05) is 22.9 Å². The summed E-state index contributed by atoms with van der Waals surface area (Å²) in [6, 6.07) is 5.19. The number of nitrogens with zero attached hydrogens (tertiary/aromatic N) is 1. The van der Waals surface area contributed by atoms with Gasteiger partial charge in [-0.2, -0.15) is 0 Å². The molecule has 1 aromatic rings. The van der Waals surface area contributed by atoms with E-state index < -0.39 is 0 Å². The van der Waals surface area contributed by atoms with Crippen molar-refractivity contribution in [2.45, 2.75) is 6.92 Å². The normalized spacial score (nSPS) is 10.6. The van der Waals surface area contributed by atoms with Gasteiger partial charge in [0.2, 0.25) is 0 Å². The molecular weight excluding hydrogens is 282 g/mol. The van der Waals surface area contributed by atoms with Gasteiger partial charge in [-0.3, -0.25) is 4.79 Å². The molecule has 5 heteroatoms. The third-order valence-electron chi connectivity index (χ3n) is 2.50. The number of amides is 1. The molecule has 0 heterocycles. The first kappa shape index (κ1) is 14.0. The van der Waals surface area contributed by atoms with Crippen LogP contribution in [-0.4, -0.2) is 37.5 Å². The Morgan fingerprint density at radius 3 is 2.76 bits per heavy atom. The molecule has 0 saturated heterocycles. The molecule has 0 aliphatic heterocycles. The molecule has 0 atom stereocenters. The van der Waals surface area contributed by atoms with E-state index in [9.17, 15) is 4.79 Å². The van der Waals surface area contributed by atoms with Crippen LogP contribution in [-0.2, 0) is 0 Å². The summed E-state index contributed by atoms with van der Waals surface area (Å²) >= 11 is 3.32. The summed E-state index contributed by atoms with van der Waals surface area (Å²) in [5, 5.41) is 2.86. The van der Waals surface area contributed by atoms with Crippen LogP contribution in [0.15, 0.2) is 22.7 Å². The topological polar surface area (TPSA) is 58.4 Å². The fourth-order valence-electron chi connectivity index (χ4n) is 1.36. The Bertz CT molecular complexity index is 375. The summed E-state index contributed by atoms with van der Waals surface area (Å²) < 4.78 is 0.813. The molecule has 0 aliphatic carbocycles. The molecule has 0 fully saturated rings. The van der Waals surface area contributed by atoms with Crippen molar-refractivity contribution in [3.8, 4) is 0 Å². The molecule has 0 radical (unpaired) electrons. The van der Waals surface area contributed by atoms with Gasteiger partial charge in [-0.15, -0.1) is 0 Å². The quantitative estimate of drug-likeness (QED) is 0.814. The number of rotatable bonds is 5. The first-order valence-corrected chi connectivity index (χ1v) is 6.35. The van der Waals surface area contributed by atoms with E-state index >= 15 is 0 Å². The monoisotopic (exact) mass is 299 g/mol. The summed E-state index contributed by atoms with van der Waals surface area (Å²) in [6.07, 6.45) is 0. The minimum absolute atomic E-state index is 0.0949. The second-order valence-corrected chi connectivity index (χ2v) is 4.84. The van der Waals surface area contributed by atoms with Gasteiger partial charge in [-0.05, 0) is 31.8 Å². The molecule has 0 aliphatic rings. The van der Waals surface area contributed by atoms with Gasteiger partial charge in [0.1, 0.15) is 0 Å². The number of nitrogen functional groups attached to an aromatic ring is 1. The molecule has 1 amide bonds. The van der Waals surface area contributed by atoms with Crippen LogP contribution in [0.1, 0.15) is 17.3 Å². The van der Waals surface area contributed by atoms with Crippen LogP contribution in [0.5, 0.6) is 0 Å². The maximum absolute atomic E-state index is 11.8. The maximum atomic E-state index is 11.8. The molecule has 1 rings (SSSR count). The van der Waals surface area contributed by atoms with E-state index in [1.54, 1.807) is 18.2 Å². The molecule has 0 saturated carbocycles. The van der Waals surface area contributed by atoms with E-state index in [-0.39, 0.29) is 5.91 Å². The van der Waals surface area contributed by atoms with Gasteiger partial charge in [-0.25, -0.2) is 0 Å². The fourth-order valence-corrected chi connectivity index (χ4v) is 1.87. The number of likely N-dealkylation sites (N-methyl/N-ethyl adjacent to an activating group) is 1. The molecule has 1 aromatic carbocycles. The maximum Gasteiger partial charge on any atom is 0.251 e. The van der Waals surface area contributed by atoms with Crippen molar-refractivity contribution >= 4 is 27.5 Å². The van der Waals surface area contributed by atoms with E-state index in [0.717, 1.165) is 17.6 Å². The number of anilines is 1. The van der Waals surface area contributed by atoms with Crippen LogP contribution in [0.3, 0.4) is 0 Å². The van der Waals surface area contributed by atoms with Crippen molar-refractivity contribution in [2.24, 2.45) is 0 Å². The number of benzene rings is 1. The van der Waals surface area contributed by atoms with Crippen LogP contribution in [0.4, 0.5) is 5.69 Å². The summed E-state index contributed by atoms with van der Waals surface area (Å²) in [7, 11) is 2.02. The number of hydrogen-bond acceptors (Lipinski definition) is 3. The summed E-state index contributed by atoms with van der Waals surface area (Å²) in [5.74, 6) is -0.0949. The number of halogens is 1. The summed E-state index contributed by atoms with van der Waals surface area (Å²) in [5.41, 5.74) is 6.84. The van der Waals surface area contributed by atoms with E-state index in [1.807, 2.05) is 7.05 Å². The molecule has 0 bridgehead atoms. The van der Waals surface area contributed by atoms with Gasteiger partial charge in [0.25, 0.3) is 5.91 Å². The van der Waals surface area contributed by atoms with Gasteiger partial charge >= 0.3 is 0 Å². The smallest absolute Gasteiger partial charge is 0.251 e. The number of nitrogens with one attached hydrogen (secondary N) is 1. The molecular formula is C12H18BrN3O. The highest BCUT2D eigenvalue weighted by atomic mass is 79.9. The lowest BCUT2D eigenvalue weighted by Gasteiger charge is -2.14. The molecule has 94 valence electrons. The zero-order valence-electron chi connectivity index (χ0n) is 10.2. The first-order valence-electron chi connectivity index (χ1n) is 5.55. The Hall–Kier alpha value is -1.07. The Morgan fingerprint density at radius 2 is 2.18 bits per heavy atom. The molecule has 4 nitrogen and oxygen atoms in total. The van der Waals surface area contributed by atoms with E-state index in [0.29, 0.717) is 17.8 Å². The van der Waals surface area contributed by atoms with E-state index in [2.05, 4.69) is 33.1 Å². The summed E-state index contributed by atoms with van der Waals surface area (Å²) in [4.78, 5) is 13.9. The molecule has 0 spiro atoms. The minimum Gasteiger partial charge on any atom is -0.399 e. The highest BCUT2D eigenvalue weighted by molar-refractivity contribution is 9.10. The Morgan fingerprint density at radius 1 is 1.47 bits per heavy atom. The van der Waals surface area contributed by atoms with E-state index in [1.165, 1.54) is 0 Å². The van der Waals surface area contributed by atoms with Crippen LogP contribution < -0.4 is 11.1 Å². The Kier molecular flexibility index (Phi) is 5.44. The van der Waals surface area contributed by atoms with Crippen LogP contribution in [0.25, 0.3) is 0 Å².